The van der Waals surface area contributed by atoms with Crippen molar-refractivity contribution in [2.75, 3.05) is 12.3 Å². The number of aromatic nitrogens is 4. The first-order chi connectivity index (χ1) is 11.1. The van der Waals surface area contributed by atoms with Crippen molar-refractivity contribution in [3.05, 3.63) is 35.9 Å². The van der Waals surface area contributed by atoms with E-state index in [4.69, 9.17) is 0 Å². The van der Waals surface area contributed by atoms with Crippen LogP contribution in [0.5, 0.6) is 0 Å². The maximum absolute atomic E-state index is 12.4. The smallest absolute Gasteiger partial charge is 0.233 e. The molecule has 1 heterocycles. The summed E-state index contributed by atoms with van der Waals surface area (Å²) in [6, 6.07) is 10.0. The van der Waals surface area contributed by atoms with E-state index in [-0.39, 0.29) is 5.91 Å². The van der Waals surface area contributed by atoms with Gasteiger partial charge in [-0.1, -0.05) is 55.9 Å². The average Bonchev–Trinajstić information content (AvgIpc) is 2.97. The molecule has 0 bridgehead atoms. The second-order valence-corrected chi connectivity index (χ2v) is 6.66. The molecule has 0 aliphatic rings. The summed E-state index contributed by atoms with van der Waals surface area (Å²) in [5.41, 5.74) is 1.14. The lowest BCUT2D eigenvalue weighted by molar-refractivity contribution is -0.128. The summed E-state index contributed by atoms with van der Waals surface area (Å²) in [6.07, 6.45) is 0. The largest absolute Gasteiger partial charge is 0.338 e. The van der Waals surface area contributed by atoms with E-state index < -0.39 is 0 Å². The van der Waals surface area contributed by atoms with Crippen LogP contribution in [0.3, 0.4) is 0 Å². The average molecular weight is 333 g/mol. The normalized spacial score (nSPS) is 11.0. The van der Waals surface area contributed by atoms with Crippen molar-refractivity contribution in [1.29, 1.82) is 0 Å². The Morgan fingerprint density at radius 3 is 2.70 bits per heavy atom. The molecule has 124 valence electrons. The first-order valence-electron chi connectivity index (χ1n) is 7.80. The molecule has 0 aliphatic heterocycles. The molecule has 23 heavy (non-hydrogen) atoms. The molecule has 0 spiro atoms. The van der Waals surface area contributed by atoms with Crippen LogP contribution in [-0.4, -0.2) is 43.3 Å². The Balaban J connectivity index is 1.91. The summed E-state index contributed by atoms with van der Waals surface area (Å²) in [6.45, 7) is 8.29. The van der Waals surface area contributed by atoms with Gasteiger partial charge in [-0.2, -0.15) is 0 Å². The minimum Gasteiger partial charge on any atom is -0.338 e. The van der Waals surface area contributed by atoms with Gasteiger partial charge in [-0.05, 0) is 28.8 Å². The summed E-state index contributed by atoms with van der Waals surface area (Å²) in [5.74, 6) is 0.901. The highest BCUT2D eigenvalue weighted by molar-refractivity contribution is 7.99. The zero-order chi connectivity index (χ0) is 16.7. The quantitative estimate of drug-likeness (QED) is 0.694. The summed E-state index contributed by atoms with van der Waals surface area (Å²) in [4.78, 5) is 14.3. The van der Waals surface area contributed by atoms with E-state index in [1.165, 1.54) is 11.8 Å². The number of nitrogens with zero attached hydrogens (tertiary/aromatic N) is 5. The van der Waals surface area contributed by atoms with E-state index in [1.807, 2.05) is 42.2 Å². The molecule has 0 aliphatic carbocycles. The second-order valence-electron chi connectivity index (χ2n) is 5.72. The van der Waals surface area contributed by atoms with Gasteiger partial charge in [0.05, 0.1) is 5.75 Å². The fourth-order valence-electron chi connectivity index (χ4n) is 2.16. The van der Waals surface area contributed by atoms with Crippen LogP contribution in [0.15, 0.2) is 35.5 Å². The Labute approximate surface area is 141 Å². The number of hydrogen-bond donors (Lipinski definition) is 0. The van der Waals surface area contributed by atoms with Gasteiger partial charge in [0.1, 0.15) is 0 Å². The number of rotatable bonds is 8. The van der Waals surface area contributed by atoms with Gasteiger partial charge in [0, 0.05) is 19.6 Å². The van der Waals surface area contributed by atoms with E-state index in [9.17, 15) is 4.79 Å². The molecule has 0 fully saturated rings. The SMILES string of the molecule is CCN(Cc1ccccc1)C(=O)CSc1nnnn1CC(C)C. The predicted molar refractivity (Wildman–Crippen MR) is 90.9 cm³/mol. The van der Waals surface area contributed by atoms with Gasteiger partial charge in [-0.25, -0.2) is 4.68 Å². The van der Waals surface area contributed by atoms with Crippen LogP contribution < -0.4 is 0 Å². The molecule has 1 aromatic heterocycles. The first-order valence-corrected chi connectivity index (χ1v) is 8.79. The van der Waals surface area contributed by atoms with Crippen molar-refractivity contribution in [2.24, 2.45) is 5.92 Å². The molecular weight excluding hydrogens is 310 g/mol. The minimum absolute atomic E-state index is 0.0976. The van der Waals surface area contributed by atoms with Crippen molar-refractivity contribution in [3.63, 3.8) is 0 Å². The summed E-state index contributed by atoms with van der Waals surface area (Å²) in [7, 11) is 0. The number of tetrazole rings is 1. The standard InChI is InChI=1S/C16H23N5OS/c1-4-20(11-14-8-6-5-7-9-14)15(22)12-23-16-17-18-19-21(16)10-13(2)3/h5-9,13H,4,10-12H2,1-3H3. The third-order valence-corrected chi connectivity index (χ3v) is 4.25. The van der Waals surface area contributed by atoms with Crippen LogP contribution in [0, 0.1) is 5.92 Å². The molecular formula is C16H23N5OS. The second kappa shape index (κ2) is 8.67. The van der Waals surface area contributed by atoms with Crippen LogP contribution in [0.25, 0.3) is 0 Å². The Bertz CT molecular complexity index is 614. The highest BCUT2D eigenvalue weighted by atomic mass is 32.2. The molecule has 2 rings (SSSR count). The Kier molecular flexibility index (Phi) is 6.58. The molecule has 1 aromatic carbocycles. The van der Waals surface area contributed by atoms with E-state index in [0.29, 0.717) is 29.9 Å². The van der Waals surface area contributed by atoms with Crippen LogP contribution >= 0.6 is 11.8 Å². The van der Waals surface area contributed by atoms with Gasteiger partial charge >= 0.3 is 0 Å². The van der Waals surface area contributed by atoms with E-state index >= 15 is 0 Å². The number of benzene rings is 1. The van der Waals surface area contributed by atoms with Crippen molar-refractivity contribution >= 4 is 17.7 Å². The fraction of sp³-hybridized carbons (Fsp3) is 0.500. The van der Waals surface area contributed by atoms with Gasteiger partial charge in [0.2, 0.25) is 11.1 Å². The van der Waals surface area contributed by atoms with Gasteiger partial charge in [-0.15, -0.1) is 5.10 Å². The van der Waals surface area contributed by atoms with Crippen molar-refractivity contribution < 1.29 is 4.79 Å². The van der Waals surface area contributed by atoms with Crippen LogP contribution in [0.4, 0.5) is 0 Å². The van der Waals surface area contributed by atoms with E-state index in [2.05, 4.69) is 29.4 Å². The molecule has 7 heteroatoms. The molecule has 0 saturated carbocycles. The molecule has 2 aromatic rings. The highest BCUT2D eigenvalue weighted by Crippen LogP contribution is 2.16. The minimum atomic E-state index is 0.0976. The zero-order valence-electron chi connectivity index (χ0n) is 13.8. The monoisotopic (exact) mass is 333 g/mol. The molecule has 6 nitrogen and oxygen atoms in total. The van der Waals surface area contributed by atoms with Crippen LogP contribution in [0.1, 0.15) is 26.3 Å². The van der Waals surface area contributed by atoms with Gasteiger partial charge in [-0.3, -0.25) is 4.79 Å². The molecule has 1 amide bonds. The highest BCUT2D eigenvalue weighted by Gasteiger charge is 2.15. The lowest BCUT2D eigenvalue weighted by Gasteiger charge is -2.20. The number of carbonyl (C=O) groups is 1. The van der Waals surface area contributed by atoms with Crippen LogP contribution in [0.2, 0.25) is 0 Å². The maximum Gasteiger partial charge on any atom is 0.233 e. The summed E-state index contributed by atoms with van der Waals surface area (Å²) >= 11 is 1.39. The van der Waals surface area contributed by atoms with Gasteiger partial charge in [0.15, 0.2) is 0 Å². The number of hydrogen-bond acceptors (Lipinski definition) is 5. The Morgan fingerprint density at radius 2 is 2.04 bits per heavy atom. The van der Waals surface area contributed by atoms with Gasteiger partial charge < -0.3 is 4.90 Å². The molecule has 0 radical (unpaired) electrons. The van der Waals surface area contributed by atoms with Gasteiger partial charge in [0.25, 0.3) is 0 Å². The fourth-order valence-corrected chi connectivity index (χ4v) is 2.95. The number of amides is 1. The molecule has 0 atom stereocenters. The Morgan fingerprint density at radius 1 is 1.30 bits per heavy atom. The van der Waals surface area contributed by atoms with Crippen LogP contribution in [-0.2, 0) is 17.9 Å². The Hall–Kier alpha value is -1.89. The molecule has 0 saturated heterocycles. The van der Waals surface area contributed by atoms with Crippen molar-refractivity contribution in [3.8, 4) is 0 Å². The maximum atomic E-state index is 12.4. The molecule has 0 unspecified atom stereocenters. The zero-order valence-corrected chi connectivity index (χ0v) is 14.7. The van der Waals surface area contributed by atoms with E-state index in [0.717, 1.165) is 12.1 Å². The third-order valence-electron chi connectivity index (χ3n) is 3.31. The number of carbonyl (C=O) groups excluding carboxylic acids is 1. The topological polar surface area (TPSA) is 63.9 Å². The lowest BCUT2D eigenvalue weighted by Crippen LogP contribution is -2.31. The molecule has 0 N–H and O–H groups in total. The summed E-state index contributed by atoms with van der Waals surface area (Å²) in [5, 5.41) is 12.4. The van der Waals surface area contributed by atoms with E-state index in [1.54, 1.807) is 4.68 Å². The predicted octanol–water partition coefficient (Wildman–Crippen LogP) is 2.47. The van der Waals surface area contributed by atoms with Crippen molar-refractivity contribution in [2.45, 2.75) is 39.0 Å². The lowest BCUT2D eigenvalue weighted by atomic mass is 10.2. The summed E-state index contributed by atoms with van der Waals surface area (Å²) < 4.78 is 1.76. The number of thioether (sulfide) groups is 1. The third kappa shape index (κ3) is 5.35. The first kappa shape index (κ1) is 17.5. The van der Waals surface area contributed by atoms with Crippen molar-refractivity contribution in [1.82, 2.24) is 25.1 Å².